The van der Waals surface area contributed by atoms with Gasteiger partial charge in [0, 0.05) is 48.8 Å². The average molecular weight is 600 g/mol. The van der Waals surface area contributed by atoms with E-state index in [4.69, 9.17) is 11.6 Å². The lowest BCUT2D eigenvalue weighted by molar-refractivity contribution is 0.0101. The fourth-order valence-corrected chi connectivity index (χ4v) is 4.18. The van der Waals surface area contributed by atoms with E-state index in [0.29, 0.717) is 17.8 Å². The summed E-state index contributed by atoms with van der Waals surface area (Å²) in [5.41, 5.74) is -0.266. The summed E-state index contributed by atoms with van der Waals surface area (Å²) in [7, 11) is 4.89. The molecule has 1 aliphatic rings. The van der Waals surface area contributed by atoms with Gasteiger partial charge in [-0.3, -0.25) is 9.69 Å². The summed E-state index contributed by atoms with van der Waals surface area (Å²) < 4.78 is 15.2. The van der Waals surface area contributed by atoms with Crippen molar-refractivity contribution in [3.8, 4) is 0 Å². The van der Waals surface area contributed by atoms with E-state index in [1.54, 1.807) is 46.7 Å². The molecule has 4 rings (SSSR count). The second kappa shape index (κ2) is 17.6. The smallest absolute Gasteiger partial charge is 0.150 e. The zero-order valence-electron chi connectivity index (χ0n) is 25.1. The molecule has 0 aliphatic heterocycles. The number of nitrogens with one attached hydrogen (secondary N) is 2. The summed E-state index contributed by atoms with van der Waals surface area (Å²) >= 11 is 5.54. The highest BCUT2D eigenvalue weighted by atomic mass is 35.5. The van der Waals surface area contributed by atoms with Gasteiger partial charge in [0.25, 0.3) is 0 Å². The molecule has 2 aromatic carbocycles. The van der Waals surface area contributed by atoms with Crippen molar-refractivity contribution in [3.05, 3.63) is 106 Å². The molecule has 1 unspecified atom stereocenters. The molecule has 8 nitrogen and oxygen atoms in total. The van der Waals surface area contributed by atoms with Crippen molar-refractivity contribution in [2.45, 2.75) is 64.3 Å². The molecular formula is C32H43ClFN5O3. The standard InChI is InChI=1S/C22H30FN5O3.C6H5Cl.C4H8/c1-6-22(31,18(25-4)11-24-3)16-7-15(13-29)20(17(23)8-16)21(30)28(5)12-19-26-9-14(2)10-27-19;7-6-4-2-1-3-5-6;1-2-4-3-1/h7-11,13,21,24-25,30-31H,6,12H2,1-5H3;1-5H;1-4H2/b18-11-;;/t21-,22?;;/m1../s1. The molecular weight excluding hydrogens is 557 g/mol. The van der Waals surface area contributed by atoms with Gasteiger partial charge in [0.05, 0.1) is 12.2 Å². The molecule has 1 aromatic heterocycles. The third-order valence-corrected chi connectivity index (χ3v) is 7.17. The van der Waals surface area contributed by atoms with Crippen LogP contribution in [0.2, 0.25) is 5.02 Å². The third-order valence-electron chi connectivity index (χ3n) is 6.92. The molecule has 1 fully saturated rings. The Bertz CT molecular complexity index is 1270. The summed E-state index contributed by atoms with van der Waals surface area (Å²) in [5, 5.41) is 28.5. The summed E-state index contributed by atoms with van der Waals surface area (Å²) in [6.07, 6.45) is 10.2. The number of nitrogens with zero attached hydrogens (tertiary/aromatic N) is 3. The van der Waals surface area contributed by atoms with Crippen molar-refractivity contribution in [1.82, 2.24) is 25.5 Å². The Morgan fingerprint density at radius 1 is 1.14 bits per heavy atom. The van der Waals surface area contributed by atoms with Crippen molar-refractivity contribution < 1.29 is 19.4 Å². The molecule has 2 atom stereocenters. The number of aliphatic hydroxyl groups excluding tert-OH is 1. The summed E-state index contributed by atoms with van der Waals surface area (Å²) in [5.74, 6) is -0.344. The van der Waals surface area contributed by atoms with Crippen LogP contribution in [0.25, 0.3) is 0 Å². The van der Waals surface area contributed by atoms with Crippen molar-refractivity contribution in [1.29, 1.82) is 0 Å². The number of rotatable bonds is 10. The molecule has 0 bridgehead atoms. The van der Waals surface area contributed by atoms with Gasteiger partial charge >= 0.3 is 0 Å². The van der Waals surface area contributed by atoms with Crippen molar-refractivity contribution >= 4 is 17.9 Å². The fourth-order valence-electron chi connectivity index (χ4n) is 4.04. The number of aldehydes is 1. The lowest BCUT2D eigenvalue weighted by Gasteiger charge is -2.32. The largest absolute Gasteiger partial charge is 0.392 e. The van der Waals surface area contributed by atoms with Gasteiger partial charge in [0.2, 0.25) is 0 Å². The number of carbonyl (C=O) groups excluding carboxylic acids is 1. The van der Waals surface area contributed by atoms with Gasteiger partial charge in [0.15, 0.2) is 6.29 Å². The number of benzene rings is 2. The Balaban J connectivity index is 0.000000461. The second-order valence-corrected chi connectivity index (χ2v) is 10.5. The Morgan fingerprint density at radius 3 is 2.17 bits per heavy atom. The van der Waals surface area contributed by atoms with Crippen LogP contribution >= 0.6 is 11.6 Å². The maximum atomic E-state index is 15.2. The minimum absolute atomic E-state index is 0.0500. The zero-order chi connectivity index (χ0) is 31.1. The first-order valence-electron chi connectivity index (χ1n) is 14.0. The van der Waals surface area contributed by atoms with E-state index >= 15 is 4.39 Å². The summed E-state index contributed by atoms with van der Waals surface area (Å²) in [4.78, 5) is 21.6. The van der Waals surface area contributed by atoms with E-state index < -0.39 is 17.6 Å². The van der Waals surface area contributed by atoms with Crippen molar-refractivity contribution in [2.24, 2.45) is 0 Å². The van der Waals surface area contributed by atoms with E-state index in [9.17, 15) is 15.0 Å². The fraction of sp³-hybridized carbons (Fsp3) is 0.406. The number of carbonyl (C=O) groups is 1. The Morgan fingerprint density at radius 2 is 1.74 bits per heavy atom. The minimum atomic E-state index is -1.55. The van der Waals surface area contributed by atoms with E-state index in [1.807, 2.05) is 37.3 Å². The molecule has 42 heavy (non-hydrogen) atoms. The maximum absolute atomic E-state index is 15.2. The molecule has 0 saturated heterocycles. The van der Waals surface area contributed by atoms with E-state index in [0.717, 1.165) is 16.7 Å². The average Bonchev–Trinajstić information content (AvgIpc) is 2.95. The van der Waals surface area contributed by atoms with Crippen LogP contribution in [0.3, 0.4) is 0 Å². The summed E-state index contributed by atoms with van der Waals surface area (Å²) in [6.45, 7) is 3.75. The molecule has 1 heterocycles. The van der Waals surface area contributed by atoms with Crippen LogP contribution in [-0.4, -0.2) is 52.5 Å². The van der Waals surface area contributed by atoms with Crippen LogP contribution < -0.4 is 10.6 Å². The number of aliphatic hydroxyl groups is 2. The normalized spacial score (nSPS) is 14.7. The zero-order valence-corrected chi connectivity index (χ0v) is 25.8. The molecule has 3 aromatic rings. The van der Waals surface area contributed by atoms with E-state index in [2.05, 4.69) is 20.6 Å². The monoisotopic (exact) mass is 599 g/mol. The second-order valence-electron chi connectivity index (χ2n) is 10.1. The van der Waals surface area contributed by atoms with Crippen LogP contribution in [0, 0.1) is 12.7 Å². The first kappa shape index (κ1) is 34.8. The van der Waals surface area contributed by atoms with Gasteiger partial charge in [-0.15, -0.1) is 0 Å². The van der Waals surface area contributed by atoms with E-state index in [-0.39, 0.29) is 29.7 Å². The van der Waals surface area contributed by atoms with Gasteiger partial charge in [-0.05, 0) is 55.8 Å². The molecule has 0 spiro atoms. The number of hydrogen-bond donors (Lipinski definition) is 4. The quantitative estimate of drug-likeness (QED) is 0.175. The first-order chi connectivity index (χ1) is 20.1. The number of aromatic nitrogens is 2. The topological polar surface area (TPSA) is 111 Å². The molecule has 0 radical (unpaired) electrons. The molecule has 228 valence electrons. The predicted molar refractivity (Wildman–Crippen MR) is 165 cm³/mol. The SMILES string of the molecule is C1CCC1.CCC(O)(/C(=C/NC)NC)c1cc(F)c([C@@H](O)N(C)Cc2ncc(C)cn2)c(C=O)c1.Clc1ccccc1. The molecule has 10 heteroatoms. The lowest BCUT2D eigenvalue weighted by atomic mass is 9.85. The lowest BCUT2D eigenvalue weighted by Crippen LogP contribution is -2.35. The molecule has 0 amide bonds. The highest BCUT2D eigenvalue weighted by Crippen LogP contribution is 2.35. The van der Waals surface area contributed by atoms with Gasteiger partial charge < -0.3 is 20.8 Å². The Labute approximate surface area is 253 Å². The summed E-state index contributed by atoms with van der Waals surface area (Å²) in [6, 6.07) is 12.0. The van der Waals surface area contributed by atoms with Crippen molar-refractivity contribution in [2.75, 3.05) is 21.1 Å². The predicted octanol–water partition coefficient (Wildman–Crippen LogP) is 5.64. The highest BCUT2D eigenvalue weighted by Gasteiger charge is 2.34. The Hall–Kier alpha value is -3.37. The van der Waals surface area contributed by atoms with E-state index in [1.165, 1.54) is 36.6 Å². The van der Waals surface area contributed by atoms with Gasteiger partial charge in [0.1, 0.15) is 23.5 Å². The minimum Gasteiger partial charge on any atom is -0.392 e. The van der Waals surface area contributed by atoms with Crippen LogP contribution in [-0.2, 0) is 12.1 Å². The first-order valence-corrected chi connectivity index (χ1v) is 14.4. The molecule has 4 N–H and O–H groups in total. The maximum Gasteiger partial charge on any atom is 0.150 e. The number of halogens is 2. The molecule has 1 saturated carbocycles. The van der Waals surface area contributed by atoms with Gasteiger partial charge in [-0.25, -0.2) is 14.4 Å². The third kappa shape index (κ3) is 9.87. The number of aryl methyl sites for hydroxylation is 1. The number of hydrogen-bond acceptors (Lipinski definition) is 8. The van der Waals surface area contributed by atoms with Crippen LogP contribution in [0.15, 0.2) is 66.8 Å². The van der Waals surface area contributed by atoms with Crippen molar-refractivity contribution in [3.63, 3.8) is 0 Å². The van der Waals surface area contributed by atoms with Crippen LogP contribution in [0.4, 0.5) is 4.39 Å². The van der Waals surface area contributed by atoms with Crippen LogP contribution in [0.5, 0.6) is 0 Å². The van der Waals surface area contributed by atoms with Crippen LogP contribution in [0.1, 0.15) is 78.1 Å². The Kier molecular flexibility index (Phi) is 14.6. The van der Waals surface area contributed by atoms with Gasteiger partial charge in [-0.1, -0.05) is 62.4 Å². The molecule has 1 aliphatic carbocycles. The van der Waals surface area contributed by atoms with Gasteiger partial charge in [-0.2, -0.15) is 0 Å². The highest BCUT2D eigenvalue weighted by molar-refractivity contribution is 6.30. The number of likely N-dealkylation sites (N-methyl/N-ethyl adjacent to an activating group) is 1.